The lowest BCUT2D eigenvalue weighted by Gasteiger charge is -2.27. The lowest BCUT2D eigenvalue weighted by atomic mass is 9.91. The molecule has 1 aromatic heterocycles. The first kappa shape index (κ1) is 15.7. The normalized spacial score (nSPS) is 22.1. The molecule has 0 bridgehead atoms. The molecule has 0 spiro atoms. The topological polar surface area (TPSA) is 39.6 Å². The molecule has 1 aliphatic heterocycles. The molecule has 1 N–H and O–H groups in total. The van der Waals surface area contributed by atoms with Crippen molar-refractivity contribution in [1.82, 2.24) is 9.88 Å². The minimum absolute atomic E-state index is 0.0152. The lowest BCUT2D eigenvalue weighted by Crippen LogP contribution is -2.38. The number of aromatic nitrogens is 1. The van der Waals surface area contributed by atoms with Crippen molar-refractivity contribution in [1.29, 1.82) is 0 Å². The fourth-order valence-electron chi connectivity index (χ4n) is 2.81. The molecule has 2 heterocycles. The summed E-state index contributed by atoms with van der Waals surface area (Å²) in [5, 5.41) is 10.7. The van der Waals surface area contributed by atoms with Gasteiger partial charge in [-0.05, 0) is 26.9 Å². The number of nitrogens with zero attached hydrogens (tertiary/aromatic N) is 3. The molecule has 1 aromatic rings. The van der Waals surface area contributed by atoms with Crippen LogP contribution in [0.3, 0.4) is 0 Å². The van der Waals surface area contributed by atoms with Crippen molar-refractivity contribution in [2.45, 2.75) is 52.2 Å². The summed E-state index contributed by atoms with van der Waals surface area (Å²) in [5.41, 5.74) is 1.03. The third-order valence-electron chi connectivity index (χ3n) is 3.83. The highest BCUT2D eigenvalue weighted by atomic mass is 32.1. The fourth-order valence-corrected chi connectivity index (χ4v) is 4.07. The average molecular weight is 297 g/mol. The number of hydrogen-bond donors (Lipinski definition) is 1. The second kappa shape index (κ2) is 6.00. The van der Waals surface area contributed by atoms with Gasteiger partial charge in [-0.15, -0.1) is 0 Å². The second-order valence-electron chi connectivity index (χ2n) is 6.83. The molecule has 5 heteroatoms. The number of thiazole rings is 1. The van der Waals surface area contributed by atoms with E-state index in [0.29, 0.717) is 6.04 Å². The minimum Gasteiger partial charge on any atom is -0.391 e. The molecule has 4 nitrogen and oxygen atoms in total. The summed E-state index contributed by atoms with van der Waals surface area (Å²) in [4.78, 5) is 10.7. The van der Waals surface area contributed by atoms with Crippen molar-refractivity contribution >= 4 is 16.5 Å². The molecule has 1 unspecified atom stereocenters. The molecule has 0 saturated carbocycles. The maximum Gasteiger partial charge on any atom is 0.186 e. The van der Waals surface area contributed by atoms with Crippen LogP contribution >= 0.6 is 11.3 Å². The molecule has 1 atom stereocenters. The van der Waals surface area contributed by atoms with Gasteiger partial charge in [0.25, 0.3) is 0 Å². The van der Waals surface area contributed by atoms with Crippen LogP contribution in [0, 0.1) is 0 Å². The Labute approximate surface area is 126 Å². The van der Waals surface area contributed by atoms with Gasteiger partial charge in [-0.3, -0.25) is 0 Å². The summed E-state index contributed by atoms with van der Waals surface area (Å²) in [6, 6.07) is 0.466. The van der Waals surface area contributed by atoms with Gasteiger partial charge >= 0.3 is 0 Å². The number of anilines is 1. The Morgan fingerprint density at radius 2 is 2.05 bits per heavy atom. The highest BCUT2D eigenvalue weighted by Gasteiger charge is 2.27. The molecular weight excluding hydrogens is 270 g/mol. The van der Waals surface area contributed by atoms with Gasteiger partial charge in [0, 0.05) is 24.5 Å². The first-order valence-electron chi connectivity index (χ1n) is 7.39. The number of aliphatic hydroxyl groups is 1. The minimum atomic E-state index is -0.0152. The highest BCUT2D eigenvalue weighted by molar-refractivity contribution is 7.15. The first-order valence-corrected chi connectivity index (χ1v) is 8.21. The van der Waals surface area contributed by atoms with E-state index in [4.69, 9.17) is 4.98 Å². The smallest absolute Gasteiger partial charge is 0.186 e. The Bertz CT molecular complexity index is 452. The van der Waals surface area contributed by atoms with Crippen LogP contribution < -0.4 is 4.90 Å². The van der Waals surface area contributed by atoms with E-state index in [1.165, 1.54) is 6.42 Å². The van der Waals surface area contributed by atoms with Gasteiger partial charge in [-0.25, -0.2) is 4.98 Å². The summed E-state index contributed by atoms with van der Waals surface area (Å²) in [7, 11) is 2.18. The monoisotopic (exact) mass is 297 g/mol. The third kappa shape index (κ3) is 3.32. The number of aliphatic hydroxyl groups excluding tert-OH is 1. The van der Waals surface area contributed by atoms with Crippen LogP contribution in [-0.4, -0.2) is 47.7 Å². The Morgan fingerprint density at radius 3 is 2.60 bits per heavy atom. The van der Waals surface area contributed by atoms with Gasteiger partial charge in [-0.2, -0.15) is 0 Å². The number of rotatable bonds is 2. The molecule has 1 fully saturated rings. The predicted octanol–water partition coefficient (Wildman–Crippen LogP) is 2.46. The maximum atomic E-state index is 9.60. The van der Waals surface area contributed by atoms with Crippen molar-refractivity contribution in [2.24, 2.45) is 0 Å². The van der Waals surface area contributed by atoms with Crippen LogP contribution in [0.25, 0.3) is 0 Å². The summed E-state index contributed by atoms with van der Waals surface area (Å²) >= 11 is 1.65. The molecule has 0 amide bonds. The Morgan fingerprint density at radius 1 is 1.35 bits per heavy atom. The SMILES string of the molecule is CC1CN(C)CCCN1c1nc(C(C)(C)C)c(CO)s1. The second-order valence-corrected chi connectivity index (χ2v) is 7.90. The van der Waals surface area contributed by atoms with Gasteiger partial charge in [0.15, 0.2) is 5.13 Å². The average Bonchev–Trinajstić information content (AvgIpc) is 2.70. The Balaban J connectivity index is 2.30. The molecule has 114 valence electrons. The van der Waals surface area contributed by atoms with Gasteiger partial charge in [-0.1, -0.05) is 32.1 Å². The number of hydrogen-bond acceptors (Lipinski definition) is 5. The summed E-state index contributed by atoms with van der Waals surface area (Å²) < 4.78 is 0. The zero-order chi connectivity index (χ0) is 14.9. The van der Waals surface area contributed by atoms with E-state index >= 15 is 0 Å². The van der Waals surface area contributed by atoms with Crippen LogP contribution in [-0.2, 0) is 12.0 Å². The molecule has 1 aliphatic rings. The van der Waals surface area contributed by atoms with Crippen molar-refractivity contribution < 1.29 is 5.11 Å². The molecule has 20 heavy (non-hydrogen) atoms. The first-order chi connectivity index (χ1) is 9.32. The zero-order valence-corrected chi connectivity index (χ0v) is 14.1. The number of likely N-dealkylation sites (N-methyl/N-ethyl adjacent to an activating group) is 1. The van der Waals surface area contributed by atoms with E-state index < -0.39 is 0 Å². The summed E-state index contributed by atoms with van der Waals surface area (Å²) in [5.74, 6) is 0. The summed E-state index contributed by atoms with van der Waals surface area (Å²) in [6.45, 7) is 12.1. The van der Waals surface area contributed by atoms with Crippen LogP contribution in [0.4, 0.5) is 5.13 Å². The highest BCUT2D eigenvalue weighted by Crippen LogP contribution is 2.35. The van der Waals surface area contributed by atoms with Crippen molar-refractivity contribution in [3.05, 3.63) is 10.6 Å². The Hall–Kier alpha value is -0.650. The largest absolute Gasteiger partial charge is 0.391 e. The Kier molecular flexibility index (Phi) is 4.72. The van der Waals surface area contributed by atoms with E-state index in [-0.39, 0.29) is 12.0 Å². The zero-order valence-electron chi connectivity index (χ0n) is 13.3. The van der Waals surface area contributed by atoms with Crippen LogP contribution in [0.1, 0.15) is 44.7 Å². The molecule has 1 saturated heterocycles. The van der Waals surface area contributed by atoms with E-state index in [1.54, 1.807) is 11.3 Å². The molecule has 0 aliphatic carbocycles. The van der Waals surface area contributed by atoms with Crippen molar-refractivity contribution in [2.75, 3.05) is 31.6 Å². The van der Waals surface area contributed by atoms with E-state index in [2.05, 4.69) is 44.5 Å². The molecule has 0 radical (unpaired) electrons. The molecule has 2 rings (SSSR count). The quantitative estimate of drug-likeness (QED) is 0.910. The van der Waals surface area contributed by atoms with Gasteiger partial charge < -0.3 is 14.9 Å². The van der Waals surface area contributed by atoms with E-state index in [0.717, 1.165) is 35.3 Å². The maximum absolute atomic E-state index is 9.60. The molecule has 0 aromatic carbocycles. The van der Waals surface area contributed by atoms with Crippen molar-refractivity contribution in [3.63, 3.8) is 0 Å². The fraction of sp³-hybridized carbons (Fsp3) is 0.800. The van der Waals surface area contributed by atoms with E-state index in [1.807, 2.05) is 0 Å². The predicted molar refractivity (Wildman–Crippen MR) is 85.7 cm³/mol. The van der Waals surface area contributed by atoms with Crippen LogP contribution in [0.5, 0.6) is 0 Å². The van der Waals surface area contributed by atoms with Gasteiger partial charge in [0.05, 0.1) is 17.2 Å². The van der Waals surface area contributed by atoms with Gasteiger partial charge in [0.2, 0.25) is 0 Å². The lowest BCUT2D eigenvalue weighted by molar-refractivity contribution is 0.282. The van der Waals surface area contributed by atoms with Crippen LogP contribution in [0.2, 0.25) is 0 Å². The standard InChI is InChI=1S/C15H27N3OS/c1-11-9-17(5)7-6-8-18(11)14-16-13(15(2,3)4)12(10-19)20-14/h11,19H,6-10H2,1-5H3. The molecular formula is C15H27N3OS. The third-order valence-corrected chi connectivity index (χ3v) is 4.91. The van der Waals surface area contributed by atoms with Gasteiger partial charge in [0.1, 0.15) is 0 Å². The van der Waals surface area contributed by atoms with Crippen LogP contribution in [0.15, 0.2) is 0 Å². The van der Waals surface area contributed by atoms with E-state index in [9.17, 15) is 5.11 Å². The summed E-state index contributed by atoms with van der Waals surface area (Å²) in [6.07, 6.45) is 1.17. The van der Waals surface area contributed by atoms with Crippen molar-refractivity contribution in [3.8, 4) is 0 Å².